The number of hydrazine groups is 1. The van der Waals surface area contributed by atoms with Gasteiger partial charge in [0.25, 0.3) is 5.91 Å². The van der Waals surface area contributed by atoms with Gasteiger partial charge >= 0.3 is 6.03 Å². The number of aryl methyl sites for hydroxylation is 2. The van der Waals surface area contributed by atoms with Crippen LogP contribution in [0.15, 0.2) is 60.4 Å². The van der Waals surface area contributed by atoms with Crippen molar-refractivity contribution in [2.24, 2.45) is 0 Å². The van der Waals surface area contributed by atoms with Crippen LogP contribution in [-0.2, 0) is 22.6 Å². The minimum atomic E-state index is -0.704. The molecule has 2 aromatic rings. The Balaban J connectivity index is 1.56. The Bertz CT molecular complexity index is 1100. The van der Waals surface area contributed by atoms with Crippen molar-refractivity contribution in [1.82, 2.24) is 20.2 Å². The topological polar surface area (TPSA) is 85.0 Å². The number of carbonyl (C=O) groups is 3. The second kappa shape index (κ2) is 9.46. The van der Waals surface area contributed by atoms with Crippen molar-refractivity contribution >= 4 is 23.5 Å². The van der Waals surface area contributed by atoms with Crippen molar-refractivity contribution in [3.8, 4) is 0 Å². The molecule has 8 nitrogen and oxygen atoms in total. The van der Waals surface area contributed by atoms with Crippen molar-refractivity contribution in [2.75, 3.05) is 18.4 Å². The number of hydrogen-bond donors (Lipinski definition) is 2. The minimum absolute atomic E-state index is 0.145. The first-order valence-corrected chi connectivity index (χ1v) is 11.2. The van der Waals surface area contributed by atoms with Crippen molar-refractivity contribution in [1.29, 1.82) is 0 Å². The van der Waals surface area contributed by atoms with Gasteiger partial charge in [-0.05, 0) is 43.5 Å². The summed E-state index contributed by atoms with van der Waals surface area (Å²) in [5.41, 5.74) is 7.36. The number of anilines is 1. The Hall–Kier alpha value is -3.65. The maximum absolute atomic E-state index is 13.4. The highest BCUT2D eigenvalue weighted by atomic mass is 16.2. The van der Waals surface area contributed by atoms with E-state index < -0.39 is 12.1 Å². The lowest BCUT2D eigenvalue weighted by Gasteiger charge is -2.37. The number of rotatable bonds is 7. The van der Waals surface area contributed by atoms with Crippen LogP contribution in [0.25, 0.3) is 0 Å². The first-order chi connectivity index (χ1) is 15.9. The summed E-state index contributed by atoms with van der Waals surface area (Å²) in [7, 11) is 0. The molecule has 4 rings (SSSR count). The zero-order valence-corrected chi connectivity index (χ0v) is 19.2. The smallest absolute Gasteiger partial charge is 0.325 e. The first kappa shape index (κ1) is 22.5. The normalized spacial score (nSPS) is 17.8. The van der Waals surface area contributed by atoms with E-state index in [1.54, 1.807) is 11.2 Å². The monoisotopic (exact) mass is 447 g/mol. The minimum Gasteiger partial charge on any atom is -0.325 e. The van der Waals surface area contributed by atoms with Crippen LogP contribution in [0.1, 0.15) is 30.5 Å². The molecule has 1 fully saturated rings. The summed E-state index contributed by atoms with van der Waals surface area (Å²) in [4.78, 5) is 42.1. The molecule has 0 aromatic heterocycles. The van der Waals surface area contributed by atoms with Crippen molar-refractivity contribution < 1.29 is 14.4 Å². The van der Waals surface area contributed by atoms with Gasteiger partial charge < -0.3 is 10.3 Å². The van der Waals surface area contributed by atoms with E-state index in [4.69, 9.17) is 0 Å². The molecular weight excluding hydrogens is 418 g/mol. The van der Waals surface area contributed by atoms with Gasteiger partial charge in [0.1, 0.15) is 12.6 Å². The van der Waals surface area contributed by atoms with E-state index in [2.05, 4.69) is 10.7 Å². The van der Waals surface area contributed by atoms with Gasteiger partial charge in [-0.3, -0.25) is 19.4 Å². The molecule has 0 bridgehead atoms. The number of carbonyl (C=O) groups excluding carboxylic acids is 3. The van der Waals surface area contributed by atoms with Crippen LogP contribution >= 0.6 is 0 Å². The third-order valence-electron chi connectivity index (χ3n) is 5.89. The molecule has 2 heterocycles. The Morgan fingerprint density at radius 1 is 1.03 bits per heavy atom. The van der Waals surface area contributed by atoms with E-state index >= 15 is 0 Å². The van der Waals surface area contributed by atoms with Crippen LogP contribution in [0.3, 0.4) is 0 Å². The van der Waals surface area contributed by atoms with Crippen LogP contribution in [0.4, 0.5) is 10.5 Å². The SMILES string of the molecule is CCc1cccc(NC(=O)CN2C(=O)N(Cc3ccc(C)cc3)C(=O)C3NN(CC)C=C32)c1. The number of amides is 4. The number of imide groups is 1. The predicted molar refractivity (Wildman–Crippen MR) is 126 cm³/mol. The summed E-state index contributed by atoms with van der Waals surface area (Å²) in [6, 6.07) is 14.1. The van der Waals surface area contributed by atoms with Gasteiger partial charge in [-0.1, -0.05) is 48.9 Å². The highest BCUT2D eigenvalue weighted by Crippen LogP contribution is 2.27. The third-order valence-corrected chi connectivity index (χ3v) is 5.89. The van der Waals surface area contributed by atoms with E-state index in [1.807, 2.05) is 69.3 Å². The first-order valence-electron chi connectivity index (χ1n) is 11.2. The number of fused-ring (bicyclic) bond motifs is 1. The molecule has 1 saturated heterocycles. The lowest BCUT2D eigenvalue weighted by atomic mass is 10.1. The van der Waals surface area contributed by atoms with Gasteiger partial charge in [0.2, 0.25) is 5.91 Å². The van der Waals surface area contributed by atoms with Gasteiger partial charge in [-0.2, -0.15) is 0 Å². The molecule has 33 heavy (non-hydrogen) atoms. The molecule has 2 aromatic carbocycles. The fourth-order valence-electron chi connectivity index (χ4n) is 3.99. The zero-order chi connectivity index (χ0) is 23.5. The number of nitrogens with one attached hydrogen (secondary N) is 2. The second-order valence-corrected chi connectivity index (χ2v) is 8.28. The van der Waals surface area contributed by atoms with E-state index in [0.717, 1.165) is 23.1 Å². The predicted octanol–water partition coefficient (Wildman–Crippen LogP) is 3.01. The molecule has 8 heteroatoms. The van der Waals surface area contributed by atoms with Gasteiger partial charge in [0.15, 0.2) is 0 Å². The fourth-order valence-corrected chi connectivity index (χ4v) is 3.99. The van der Waals surface area contributed by atoms with Crippen LogP contribution < -0.4 is 10.7 Å². The van der Waals surface area contributed by atoms with Gasteiger partial charge in [-0.15, -0.1) is 0 Å². The summed E-state index contributed by atoms with van der Waals surface area (Å²) in [5.74, 6) is -0.647. The highest BCUT2D eigenvalue weighted by Gasteiger charge is 2.46. The van der Waals surface area contributed by atoms with E-state index in [0.29, 0.717) is 17.9 Å². The Labute approximate surface area is 193 Å². The maximum Gasteiger partial charge on any atom is 0.331 e. The van der Waals surface area contributed by atoms with Crippen molar-refractivity contribution in [2.45, 2.75) is 39.8 Å². The molecular formula is C25H29N5O3. The standard InChI is InChI=1S/C25H29N5O3/c1-4-18-7-6-8-20(13-18)26-22(31)16-29-21-15-28(5-2)27-23(21)24(32)30(25(29)33)14-19-11-9-17(3)10-12-19/h6-13,15,23,27H,4-5,14,16H2,1-3H3,(H,26,31). The zero-order valence-electron chi connectivity index (χ0n) is 19.2. The summed E-state index contributed by atoms with van der Waals surface area (Å²) in [6.07, 6.45) is 2.59. The van der Waals surface area contributed by atoms with E-state index in [1.165, 1.54) is 9.80 Å². The number of hydrogen-bond acceptors (Lipinski definition) is 5. The van der Waals surface area contributed by atoms with Crippen molar-refractivity contribution in [3.63, 3.8) is 0 Å². The molecule has 1 unspecified atom stereocenters. The molecule has 2 aliphatic heterocycles. The largest absolute Gasteiger partial charge is 0.331 e. The van der Waals surface area contributed by atoms with E-state index in [-0.39, 0.29) is 24.9 Å². The van der Waals surface area contributed by atoms with Crippen LogP contribution in [0.2, 0.25) is 0 Å². The third kappa shape index (κ3) is 4.75. The molecule has 0 radical (unpaired) electrons. The molecule has 0 aliphatic carbocycles. The molecule has 2 N–H and O–H groups in total. The lowest BCUT2D eigenvalue weighted by molar-refractivity contribution is -0.133. The summed E-state index contributed by atoms with van der Waals surface area (Å²) in [6.45, 7) is 6.54. The van der Waals surface area contributed by atoms with Crippen LogP contribution in [0.5, 0.6) is 0 Å². The summed E-state index contributed by atoms with van der Waals surface area (Å²) in [5, 5.41) is 4.63. The second-order valence-electron chi connectivity index (χ2n) is 8.28. The van der Waals surface area contributed by atoms with Gasteiger partial charge in [-0.25, -0.2) is 10.2 Å². The van der Waals surface area contributed by atoms with Crippen LogP contribution in [-0.4, -0.2) is 51.8 Å². The Kier molecular flexibility index (Phi) is 6.46. The van der Waals surface area contributed by atoms with Crippen LogP contribution in [0, 0.1) is 6.92 Å². The van der Waals surface area contributed by atoms with Gasteiger partial charge in [0.05, 0.1) is 12.2 Å². The maximum atomic E-state index is 13.4. The Morgan fingerprint density at radius 2 is 1.79 bits per heavy atom. The molecule has 0 spiro atoms. The fraction of sp³-hybridized carbons (Fsp3) is 0.320. The summed E-state index contributed by atoms with van der Waals surface area (Å²) >= 11 is 0. The number of urea groups is 1. The molecule has 2 aliphatic rings. The number of benzene rings is 2. The quantitative estimate of drug-likeness (QED) is 0.682. The lowest BCUT2D eigenvalue weighted by Crippen LogP contribution is -2.61. The summed E-state index contributed by atoms with van der Waals surface area (Å²) < 4.78 is 0. The average molecular weight is 448 g/mol. The molecule has 172 valence electrons. The highest BCUT2D eigenvalue weighted by molar-refractivity contribution is 6.05. The molecule has 4 amide bonds. The average Bonchev–Trinajstić information content (AvgIpc) is 3.25. The molecule has 0 saturated carbocycles. The molecule has 1 atom stereocenters. The number of nitrogens with zero attached hydrogens (tertiary/aromatic N) is 3. The Morgan fingerprint density at radius 3 is 2.48 bits per heavy atom. The van der Waals surface area contributed by atoms with Gasteiger partial charge in [0, 0.05) is 18.4 Å². The van der Waals surface area contributed by atoms with E-state index in [9.17, 15) is 14.4 Å². The van der Waals surface area contributed by atoms with Crippen molar-refractivity contribution in [3.05, 3.63) is 77.1 Å².